The van der Waals surface area contributed by atoms with E-state index in [0.717, 1.165) is 5.56 Å². The largest absolute Gasteiger partial charge is 0.492 e. The summed E-state index contributed by atoms with van der Waals surface area (Å²) in [5.41, 5.74) is 1.75. The van der Waals surface area contributed by atoms with Gasteiger partial charge in [-0.05, 0) is 24.1 Å². The molecule has 24 heavy (non-hydrogen) atoms. The van der Waals surface area contributed by atoms with Crippen LogP contribution in [-0.2, 0) is 22.5 Å². The smallest absolute Gasteiger partial charge is 0.138 e. The summed E-state index contributed by atoms with van der Waals surface area (Å²) in [6.07, 6.45) is 0.612. The number of fused-ring (bicyclic) bond motifs is 1. The average molecular weight is 348 g/mol. The normalized spacial score (nSPS) is 16.5. The van der Waals surface area contributed by atoms with E-state index in [4.69, 9.17) is 14.2 Å². The molecule has 0 saturated carbocycles. The Kier molecular flexibility index (Phi) is 6.12. The molecule has 0 fully saturated rings. The van der Waals surface area contributed by atoms with E-state index in [0.29, 0.717) is 55.7 Å². The highest BCUT2D eigenvalue weighted by Gasteiger charge is 2.24. The zero-order valence-electron chi connectivity index (χ0n) is 13.4. The number of rotatable bonds is 7. The lowest BCUT2D eigenvalue weighted by molar-refractivity contribution is 0.0173. The average Bonchev–Trinajstić information content (AvgIpc) is 2.62. The topological polar surface area (TPSA) is 27.7 Å². The molecule has 0 amide bonds. The van der Waals surface area contributed by atoms with Gasteiger partial charge in [-0.15, -0.1) is 12.6 Å². The number of hydrogen-bond donors (Lipinski definition) is 1. The van der Waals surface area contributed by atoms with Crippen LogP contribution in [0.2, 0.25) is 0 Å². The van der Waals surface area contributed by atoms with Crippen molar-refractivity contribution in [2.24, 2.45) is 5.92 Å². The molecule has 1 aliphatic heterocycles. The second-order valence-corrected chi connectivity index (χ2v) is 6.35. The molecule has 2 aromatic rings. The number of ether oxygens (including phenoxy) is 3. The summed E-state index contributed by atoms with van der Waals surface area (Å²) in [6, 6.07) is 13.1. The van der Waals surface area contributed by atoms with E-state index in [-0.39, 0.29) is 11.7 Å². The first-order valence-electron chi connectivity index (χ1n) is 8.06. The lowest BCUT2D eigenvalue weighted by Gasteiger charge is -2.26. The van der Waals surface area contributed by atoms with Gasteiger partial charge >= 0.3 is 0 Å². The lowest BCUT2D eigenvalue weighted by atomic mass is 9.97. The van der Waals surface area contributed by atoms with E-state index in [1.165, 1.54) is 6.07 Å². The zero-order chi connectivity index (χ0) is 16.8. The second-order valence-electron chi connectivity index (χ2n) is 5.87. The highest BCUT2D eigenvalue weighted by Crippen LogP contribution is 2.35. The number of halogens is 1. The molecule has 1 atom stereocenters. The molecule has 128 valence electrons. The van der Waals surface area contributed by atoms with Crippen LogP contribution in [0.4, 0.5) is 4.39 Å². The van der Waals surface area contributed by atoms with E-state index < -0.39 is 0 Å². The Balaban J connectivity index is 1.37. The lowest BCUT2D eigenvalue weighted by Crippen LogP contribution is -2.26. The Hall–Kier alpha value is -1.56. The maximum Gasteiger partial charge on any atom is 0.138 e. The predicted octanol–water partition coefficient (Wildman–Crippen LogP) is 3.90. The van der Waals surface area contributed by atoms with Crippen molar-refractivity contribution in [2.45, 2.75) is 17.9 Å². The molecular formula is C19H21FO3S. The quantitative estimate of drug-likeness (QED) is 0.607. The van der Waals surface area contributed by atoms with Gasteiger partial charge in [0.1, 0.15) is 11.6 Å². The van der Waals surface area contributed by atoms with Gasteiger partial charge in [0.05, 0.1) is 33.0 Å². The van der Waals surface area contributed by atoms with Crippen molar-refractivity contribution < 1.29 is 18.6 Å². The van der Waals surface area contributed by atoms with Crippen LogP contribution in [0.5, 0.6) is 5.75 Å². The summed E-state index contributed by atoms with van der Waals surface area (Å²) in [5, 5.41) is 0. The SMILES string of the molecule is Fc1ccc(S)c2c1CC(COCCOCc1ccccc1)CO2. The molecule has 1 aliphatic rings. The molecule has 0 bridgehead atoms. The highest BCUT2D eigenvalue weighted by atomic mass is 32.1. The van der Waals surface area contributed by atoms with Crippen LogP contribution in [0, 0.1) is 11.7 Å². The minimum atomic E-state index is -0.237. The van der Waals surface area contributed by atoms with Crippen LogP contribution in [0.1, 0.15) is 11.1 Å². The van der Waals surface area contributed by atoms with Crippen LogP contribution in [-0.4, -0.2) is 26.4 Å². The zero-order valence-corrected chi connectivity index (χ0v) is 14.3. The number of benzene rings is 2. The van der Waals surface area contributed by atoms with E-state index in [1.54, 1.807) is 6.07 Å². The third-order valence-corrected chi connectivity index (χ3v) is 4.33. The maximum absolute atomic E-state index is 13.9. The Bertz CT molecular complexity index is 663. The third-order valence-electron chi connectivity index (χ3n) is 3.98. The van der Waals surface area contributed by atoms with Gasteiger partial charge in [-0.1, -0.05) is 30.3 Å². The first-order valence-corrected chi connectivity index (χ1v) is 8.51. The molecule has 0 N–H and O–H groups in total. The molecule has 0 saturated heterocycles. The van der Waals surface area contributed by atoms with E-state index in [1.807, 2.05) is 30.3 Å². The Morgan fingerprint density at radius 2 is 1.88 bits per heavy atom. The van der Waals surface area contributed by atoms with Crippen LogP contribution in [0.25, 0.3) is 0 Å². The standard InChI is InChI=1S/C19H21FO3S/c20-17-6-7-18(24)19-16(17)10-15(13-23-19)12-22-9-8-21-11-14-4-2-1-3-5-14/h1-7,15,24H,8-13H2. The molecule has 2 aromatic carbocycles. The predicted molar refractivity (Wildman–Crippen MR) is 93.3 cm³/mol. The minimum absolute atomic E-state index is 0.149. The molecule has 3 nitrogen and oxygen atoms in total. The molecule has 1 unspecified atom stereocenters. The van der Waals surface area contributed by atoms with Crippen molar-refractivity contribution in [2.75, 3.05) is 26.4 Å². The van der Waals surface area contributed by atoms with E-state index in [9.17, 15) is 4.39 Å². The van der Waals surface area contributed by atoms with Crippen molar-refractivity contribution in [3.05, 3.63) is 59.4 Å². The number of thiol groups is 1. The fraction of sp³-hybridized carbons (Fsp3) is 0.368. The van der Waals surface area contributed by atoms with Gasteiger partial charge in [0, 0.05) is 16.4 Å². The fourth-order valence-electron chi connectivity index (χ4n) is 2.73. The Morgan fingerprint density at radius 1 is 1.08 bits per heavy atom. The number of hydrogen-bond acceptors (Lipinski definition) is 4. The van der Waals surface area contributed by atoms with Gasteiger partial charge in [-0.2, -0.15) is 0 Å². The Labute approximate surface area is 147 Å². The van der Waals surface area contributed by atoms with Crippen molar-refractivity contribution in [3.8, 4) is 5.75 Å². The Morgan fingerprint density at radius 3 is 2.71 bits per heavy atom. The summed E-state index contributed by atoms with van der Waals surface area (Å²) in [5.74, 6) is 0.482. The maximum atomic E-state index is 13.9. The molecule has 0 aromatic heterocycles. The van der Waals surface area contributed by atoms with E-state index >= 15 is 0 Å². The summed E-state index contributed by atoms with van der Waals surface area (Å²) < 4.78 is 30.8. The molecule has 5 heteroatoms. The van der Waals surface area contributed by atoms with Crippen LogP contribution < -0.4 is 4.74 Å². The van der Waals surface area contributed by atoms with Crippen molar-refractivity contribution >= 4 is 12.6 Å². The van der Waals surface area contributed by atoms with Crippen LogP contribution >= 0.6 is 12.6 Å². The molecular weight excluding hydrogens is 327 g/mol. The van der Waals surface area contributed by atoms with Gasteiger partial charge in [-0.25, -0.2) is 4.39 Å². The molecule has 3 rings (SSSR count). The van der Waals surface area contributed by atoms with Crippen LogP contribution in [0.15, 0.2) is 47.4 Å². The third kappa shape index (κ3) is 4.50. The first kappa shape index (κ1) is 17.3. The van der Waals surface area contributed by atoms with Gasteiger partial charge < -0.3 is 14.2 Å². The second kappa shape index (κ2) is 8.51. The van der Waals surface area contributed by atoms with Gasteiger partial charge in [0.25, 0.3) is 0 Å². The summed E-state index contributed by atoms with van der Waals surface area (Å²) >= 11 is 4.31. The van der Waals surface area contributed by atoms with Gasteiger partial charge in [0.2, 0.25) is 0 Å². The fourth-order valence-corrected chi connectivity index (χ4v) is 3.00. The summed E-state index contributed by atoms with van der Waals surface area (Å²) in [4.78, 5) is 0.681. The summed E-state index contributed by atoms with van der Waals surface area (Å²) in [6.45, 7) is 2.69. The minimum Gasteiger partial charge on any atom is -0.492 e. The van der Waals surface area contributed by atoms with Crippen molar-refractivity contribution in [3.63, 3.8) is 0 Å². The van der Waals surface area contributed by atoms with E-state index in [2.05, 4.69) is 12.6 Å². The van der Waals surface area contributed by atoms with Gasteiger partial charge in [-0.3, -0.25) is 0 Å². The molecule has 0 aliphatic carbocycles. The van der Waals surface area contributed by atoms with Crippen molar-refractivity contribution in [1.82, 2.24) is 0 Å². The monoisotopic (exact) mass is 348 g/mol. The highest BCUT2D eigenvalue weighted by molar-refractivity contribution is 7.80. The molecule has 0 radical (unpaired) electrons. The van der Waals surface area contributed by atoms with Crippen LogP contribution in [0.3, 0.4) is 0 Å². The molecule has 1 heterocycles. The van der Waals surface area contributed by atoms with Crippen molar-refractivity contribution in [1.29, 1.82) is 0 Å². The molecule has 0 spiro atoms. The summed E-state index contributed by atoms with van der Waals surface area (Å²) in [7, 11) is 0. The first-order chi connectivity index (χ1) is 11.7. The van der Waals surface area contributed by atoms with Gasteiger partial charge in [0.15, 0.2) is 0 Å².